The molecule has 1 aliphatic heterocycles. The van der Waals surface area contributed by atoms with Crippen molar-refractivity contribution in [1.29, 1.82) is 0 Å². The Labute approximate surface area is 114 Å². The highest BCUT2D eigenvalue weighted by atomic mass is 35.5. The molecule has 1 unspecified atom stereocenters. The lowest BCUT2D eigenvalue weighted by atomic mass is 9.98. The van der Waals surface area contributed by atoms with Gasteiger partial charge < -0.3 is 10.1 Å². The van der Waals surface area contributed by atoms with Gasteiger partial charge in [-0.3, -0.25) is 0 Å². The van der Waals surface area contributed by atoms with E-state index in [1.165, 1.54) is 5.56 Å². The summed E-state index contributed by atoms with van der Waals surface area (Å²) in [5, 5.41) is 4.30. The Morgan fingerprint density at radius 3 is 2.94 bits per heavy atom. The van der Waals surface area contributed by atoms with Gasteiger partial charge in [-0.2, -0.15) is 0 Å². The molecular formula is C15H20ClNO. The first-order valence-electron chi connectivity index (χ1n) is 6.55. The van der Waals surface area contributed by atoms with Crippen LogP contribution < -0.4 is 5.32 Å². The molecule has 0 radical (unpaired) electrons. The zero-order valence-corrected chi connectivity index (χ0v) is 11.8. The van der Waals surface area contributed by atoms with Gasteiger partial charge in [-0.15, -0.1) is 0 Å². The van der Waals surface area contributed by atoms with Crippen LogP contribution in [-0.2, 0) is 4.74 Å². The van der Waals surface area contributed by atoms with Crippen molar-refractivity contribution in [2.75, 3.05) is 13.2 Å². The number of benzene rings is 1. The lowest BCUT2D eigenvalue weighted by Crippen LogP contribution is -2.26. The minimum Gasteiger partial charge on any atom is -0.496 e. The van der Waals surface area contributed by atoms with Gasteiger partial charge in [0.1, 0.15) is 5.76 Å². The van der Waals surface area contributed by atoms with E-state index in [0.29, 0.717) is 0 Å². The molecule has 1 atom stereocenters. The molecule has 2 rings (SSSR count). The molecule has 0 fully saturated rings. The van der Waals surface area contributed by atoms with Crippen LogP contribution in [0.3, 0.4) is 0 Å². The zero-order chi connectivity index (χ0) is 13.0. The van der Waals surface area contributed by atoms with Crippen molar-refractivity contribution in [3.63, 3.8) is 0 Å². The maximum absolute atomic E-state index is 6.21. The second-order valence-electron chi connectivity index (χ2n) is 4.54. The van der Waals surface area contributed by atoms with Gasteiger partial charge in [-0.05, 0) is 49.6 Å². The van der Waals surface area contributed by atoms with Crippen LogP contribution in [0.25, 0.3) is 0 Å². The van der Waals surface area contributed by atoms with Crippen molar-refractivity contribution in [3.05, 3.63) is 46.2 Å². The first kappa shape index (κ1) is 13.4. The van der Waals surface area contributed by atoms with E-state index in [2.05, 4.69) is 31.3 Å². The van der Waals surface area contributed by atoms with Crippen LogP contribution in [0.2, 0.25) is 5.02 Å². The van der Waals surface area contributed by atoms with Gasteiger partial charge in [0.15, 0.2) is 0 Å². The Balaban J connectivity index is 2.34. The van der Waals surface area contributed by atoms with E-state index in [9.17, 15) is 0 Å². The molecule has 18 heavy (non-hydrogen) atoms. The van der Waals surface area contributed by atoms with Crippen LogP contribution in [-0.4, -0.2) is 13.2 Å². The van der Waals surface area contributed by atoms with Gasteiger partial charge in [0.05, 0.1) is 12.6 Å². The molecule has 0 aliphatic carbocycles. The van der Waals surface area contributed by atoms with E-state index in [4.69, 9.17) is 16.3 Å². The smallest absolute Gasteiger partial charge is 0.113 e. The Morgan fingerprint density at radius 2 is 2.28 bits per heavy atom. The molecule has 1 heterocycles. The Morgan fingerprint density at radius 1 is 1.44 bits per heavy atom. The SMILES string of the molecule is CCNC(C1=CCCCO1)c1cccc(Cl)c1C. The molecule has 1 aromatic carbocycles. The summed E-state index contributed by atoms with van der Waals surface area (Å²) in [4.78, 5) is 0. The average Bonchev–Trinajstić information content (AvgIpc) is 2.41. The molecule has 0 saturated carbocycles. The number of halogens is 1. The summed E-state index contributed by atoms with van der Waals surface area (Å²) >= 11 is 6.21. The fourth-order valence-corrected chi connectivity index (χ4v) is 2.46. The topological polar surface area (TPSA) is 21.3 Å². The van der Waals surface area contributed by atoms with E-state index in [1.54, 1.807) is 0 Å². The molecule has 1 N–H and O–H groups in total. The van der Waals surface area contributed by atoms with Gasteiger partial charge in [0.25, 0.3) is 0 Å². The number of likely N-dealkylation sites (N-methyl/N-ethyl adjacent to an activating group) is 1. The van der Waals surface area contributed by atoms with Gasteiger partial charge in [-0.1, -0.05) is 30.7 Å². The quantitative estimate of drug-likeness (QED) is 0.889. The van der Waals surface area contributed by atoms with Crippen LogP contribution in [0.15, 0.2) is 30.0 Å². The molecule has 98 valence electrons. The van der Waals surface area contributed by atoms with Crippen LogP contribution in [0.5, 0.6) is 0 Å². The summed E-state index contributed by atoms with van der Waals surface area (Å²) in [5.74, 6) is 1.04. The van der Waals surface area contributed by atoms with Crippen LogP contribution in [0.4, 0.5) is 0 Å². The maximum atomic E-state index is 6.21. The summed E-state index contributed by atoms with van der Waals surface area (Å²) in [6.07, 6.45) is 4.39. The van der Waals surface area contributed by atoms with Gasteiger partial charge >= 0.3 is 0 Å². The first-order chi connectivity index (χ1) is 8.74. The minimum atomic E-state index is 0.119. The Hall–Kier alpha value is -0.990. The largest absolute Gasteiger partial charge is 0.496 e. The fourth-order valence-electron chi connectivity index (χ4n) is 2.28. The van der Waals surface area contributed by atoms with Crippen molar-refractivity contribution >= 4 is 11.6 Å². The number of ether oxygens (including phenoxy) is 1. The summed E-state index contributed by atoms with van der Waals surface area (Å²) in [6.45, 7) is 5.88. The van der Waals surface area contributed by atoms with Crippen molar-refractivity contribution in [3.8, 4) is 0 Å². The third-order valence-corrected chi connectivity index (χ3v) is 3.69. The number of nitrogens with one attached hydrogen (secondary N) is 1. The first-order valence-corrected chi connectivity index (χ1v) is 6.93. The third-order valence-electron chi connectivity index (χ3n) is 3.28. The van der Waals surface area contributed by atoms with Gasteiger partial charge in [-0.25, -0.2) is 0 Å². The molecular weight excluding hydrogens is 246 g/mol. The molecule has 1 aromatic rings. The highest BCUT2D eigenvalue weighted by Gasteiger charge is 2.21. The number of allylic oxidation sites excluding steroid dienone is 1. The highest BCUT2D eigenvalue weighted by molar-refractivity contribution is 6.31. The van der Waals surface area contributed by atoms with Crippen molar-refractivity contribution in [2.45, 2.75) is 32.7 Å². The average molecular weight is 266 g/mol. The van der Waals surface area contributed by atoms with Crippen molar-refractivity contribution in [1.82, 2.24) is 5.32 Å². The lowest BCUT2D eigenvalue weighted by Gasteiger charge is -2.26. The summed E-state index contributed by atoms with van der Waals surface area (Å²) in [6, 6.07) is 6.17. The van der Waals surface area contributed by atoms with Crippen molar-refractivity contribution in [2.24, 2.45) is 0 Å². The molecule has 0 bridgehead atoms. The second kappa shape index (κ2) is 6.26. The normalized spacial score (nSPS) is 16.9. The van der Waals surface area contributed by atoms with Crippen LogP contribution >= 0.6 is 11.6 Å². The van der Waals surface area contributed by atoms with Crippen LogP contribution in [0, 0.1) is 6.92 Å². The fraction of sp³-hybridized carbons (Fsp3) is 0.467. The van der Waals surface area contributed by atoms with E-state index in [1.807, 2.05) is 12.1 Å². The molecule has 0 aromatic heterocycles. The summed E-state index contributed by atoms with van der Waals surface area (Å²) in [5.41, 5.74) is 2.33. The van der Waals surface area contributed by atoms with Gasteiger partial charge in [0, 0.05) is 5.02 Å². The number of hydrogen-bond donors (Lipinski definition) is 1. The second-order valence-corrected chi connectivity index (χ2v) is 4.95. The zero-order valence-electron chi connectivity index (χ0n) is 11.0. The summed E-state index contributed by atoms with van der Waals surface area (Å²) in [7, 11) is 0. The molecule has 3 heteroatoms. The molecule has 2 nitrogen and oxygen atoms in total. The standard InChI is InChI=1S/C15H20ClNO/c1-3-17-15(14-9-4-5-10-18-14)12-7-6-8-13(16)11(12)2/h6-9,15,17H,3-5,10H2,1-2H3. The van der Waals surface area contributed by atoms with E-state index in [-0.39, 0.29) is 6.04 Å². The molecule has 1 aliphatic rings. The lowest BCUT2D eigenvalue weighted by molar-refractivity contribution is 0.168. The predicted molar refractivity (Wildman–Crippen MR) is 75.9 cm³/mol. The van der Waals surface area contributed by atoms with E-state index < -0.39 is 0 Å². The third kappa shape index (κ3) is 2.88. The highest BCUT2D eigenvalue weighted by Crippen LogP contribution is 2.31. The number of rotatable bonds is 4. The van der Waals surface area contributed by atoms with Crippen LogP contribution in [0.1, 0.15) is 36.9 Å². The number of hydrogen-bond acceptors (Lipinski definition) is 2. The monoisotopic (exact) mass is 265 g/mol. The minimum absolute atomic E-state index is 0.119. The van der Waals surface area contributed by atoms with E-state index >= 15 is 0 Å². The molecule has 0 saturated heterocycles. The van der Waals surface area contributed by atoms with Gasteiger partial charge in [0.2, 0.25) is 0 Å². The maximum Gasteiger partial charge on any atom is 0.113 e. The molecule has 0 amide bonds. The Bertz CT molecular complexity index is 442. The molecule has 0 spiro atoms. The van der Waals surface area contributed by atoms with E-state index in [0.717, 1.165) is 42.3 Å². The Kier molecular flexibility index (Phi) is 4.67. The predicted octanol–water partition coefficient (Wildman–Crippen LogP) is 3.99. The summed E-state index contributed by atoms with van der Waals surface area (Å²) < 4.78 is 5.80. The van der Waals surface area contributed by atoms with Crippen molar-refractivity contribution < 1.29 is 4.74 Å².